The normalized spacial score (nSPS) is 17.0. The van der Waals surface area contributed by atoms with Crippen molar-refractivity contribution in [3.05, 3.63) is 59.5 Å². The van der Waals surface area contributed by atoms with Gasteiger partial charge in [0, 0.05) is 38.3 Å². The summed E-state index contributed by atoms with van der Waals surface area (Å²) < 4.78 is 16.8. The van der Waals surface area contributed by atoms with E-state index < -0.39 is 0 Å². The first-order valence-electron chi connectivity index (χ1n) is 9.95. The van der Waals surface area contributed by atoms with Gasteiger partial charge in [0.05, 0.1) is 6.54 Å². The van der Waals surface area contributed by atoms with Gasteiger partial charge in [-0.2, -0.15) is 0 Å². The Morgan fingerprint density at radius 1 is 0.862 bits per heavy atom. The number of hydrogen-bond donors (Lipinski definition) is 0. The molecule has 2 aliphatic rings. The molecule has 0 unspecified atom stereocenters. The van der Waals surface area contributed by atoms with E-state index in [4.69, 9.17) is 13.9 Å². The van der Waals surface area contributed by atoms with Gasteiger partial charge in [-0.3, -0.25) is 9.80 Å². The van der Waals surface area contributed by atoms with Crippen molar-refractivity contribution < 1.29 is 13.9 Å². The Kier molecular flexibility index (Phi) is 4.91. The maximum absolute atomic E-state index is 5.89. The van der Waals surface area contributed by atoms with Crippen LogP contribution in [0.15, 0.2) is 46.9 Å². The van der Waals surface area contributed by atoms with E-state index in [2.05, 4.69) is 51.2 Å². The van der Waals surface area contributed by atoms with E-state index >= 15 is 0 Å². The lowest BCUT2D eigenvalue weighted by Crippen LogP contribution is -2.45. The van der Waals surface area contributed by atoms with E-state index in [0.29, 0.717) is 25.1 Å². The minimum Gasteiger partial charge on any atom is -0.454 e. The van der Waals surface area contributed by atoms with Crippen LogP contribution in [0.3, 0.4) is 0 Å². The third-order valence-corrected chi connectivity index (χ3v) is 5.40. The number of aryl methyl sites for hydroxylation is 1. The van der Waals surface area contributed by atoms with Gasteiger partial charge < -0.3 is 13.9 Å². The SMILES string of the molecule is Cc1cccc(-c2nnc(CN3CCN(Cc4ccc5c(c4)OCO5)CC3)o2)c1. The van der Waals surface area contributed by atoms with E-state index in [1.54, 1.807) is 0 Å². The number of piperazine rings is 1. The second-order valence-corrected chi connectivity index (χ2v) is 7.61. The number of hydrogen-bond acceptors (Lipinski definition) is 7. The van der Waals surface area contributed by atoms with Gasteiger partial charge in [0.25, 0.3) is 0 Å². The molecule has 29 heavy (non-hydrogen) atoms. The Hall–Kier alpha value is -2.90. The van der Waals surface area contributed by atoms with E-state index in [-0.39, 0.29) is 0 Å². The first kappa shape index (κ1) is 18.1. The largest absolute Gasteiger partial charge is 0.454 e. The first-order valence-corrected chi connectivity index (χ1v) is 9.95. The van der Waals surface area contributed by atoms with Crippen molar-refractivity contribution in [3.63, 3.8) is 0 Å². The first-order chi connectivity index (χ1) is 14.2. The Morgan fingerprint density at radius 3 is 2.48 bits per heavy atom. The standard InChI is InChI=1S/C22H24N4O3/c1-16-3-2-4-18(11-16)22-24-23-21(29-22)14-26-9-7-25(8-10-26)13-17-5-6-19-20(12-17)28-15-27-19/h2-6,11-12H,7-10,13-15H2,1H3. The average molecular weight is 392 g/mol. The number of nitrogens with zero attached hydrogens (tertiary/aromatic N) is 4. The second kappa shape index (κ2) is 7.85. The summed E-state index contributed by atoms with van der Waals surface area (Å²) in [6.07, 6.45) is 0. The van der Waals surface area contributed by atoms with Gasteiger partial charge in [-0.25, -0.2) is 0 Å². The molecule has 1 fully saturated rings. The van der Waals surface area contributed by atoms with E-state index in [9.17, 15) is 0 Å². The zero-order valence-corrected chi connectivity index (χ0v) is 16.5. The van der Waals surface area contributed by atoms with Gasteiger partial charge >= 0.3 is 0 Å². The van der Waals surface area contributed by atoms with Gasteiger partial charge in [-0.1, -0.05) is 23.8 Å². The highest BCUT2D eigenvalue weighted by atomic mass is 16.7. The summed E-state index contributed by atoms with van der Waals surface area (Å²) in [7, 11) is 0. The molecule has 0 atom stereocenters. The fourth-order valence-electron chi connectivity index (χ4n) is 3.81. The lowest BCUT2D eigenvalue weighted by Gasteiger charge is -2.33. The lowest BCUT2D eigenvalue weighted by molar-refractivity contribution is 0.114. The molecular formula is C22H24N4O3. The number of aromatic nitrogens is 2. The van der Waals surface area contributed by atoms with E-state index in [0.717, 1.165) is 49.8 Å². The molecule has 1 aromatic heterocycles. The molecule has 3 aromatic rings. The predicted molar refractivity (Wildman–Crippen MR) is 108 cm³/mol. The third-order valence-electron chi connectivity index (χ3n) is 5.40. The molecular weight excluding hydrogens is 368 g/mol. The zero-order chi connectivity index (χ0) is 19.6. The van der Waals surface area contributed by atoms with Gasteiger partial charge in [-0.15, -0.1) is 10.2 Å². The number of benzene rings is 2. The number of ether oxygens (including phenoxy) is 2. The van der Waals surface area contributed by atoms with Crippen molar-refractivity contribution in [2.24, 2.45) is 0 Å². The van der Waals surface area contributed by atoms with Crippen LogP contribution in [0.25, 0.3) is 11.5 Å². The molecule has 0 amide bonds. The highest BCUT2D eigenvalue weighted by Gasteiger charge is 2.20. The molecule has 0 aliphatic carbocycles. The van der Waals surface area contributed by atoms with Crippen molar-refractivity contribution in [2.75, 3.05) is 33.0 Å². The summed E-state index contributed by atoms with van der Waals surface area (Å²) in [5, 5.41) is 8.46. The summed E-state index contributed by atoms with van der Waals surface area (Å²) in [4.78, 5) is 4.82. The van der Waals surface area contributed by atoms with Crippen LogP contribution in [-0.4, -0.2) is 53.0 Å². The van der Waals surface area contributed by atoms with Crippen LogP contribution in [0.1, 0.15) is 17.0 Å². The fraction of sp³-hybridized carbons (Fsp3) is 0.364. The summed E-state index contributed by atoms with van der Waals surface area (Å²) in [5.74, 6) is 2.95. The van der Waals surface area contributed by atoms with E-state index in [1.807, 2.05) is 18.2 Å². The molecule has 0 N–H and O–H groups in total. The highest BCUT2D eigenvalue weighted by molar-refractivity contribution is 5.53. The summed E-state index contributed by atoms with van der Waals surface area (Å²) in [6.45, 7) is 7.96. The van der Waals surface area contributed by atoms with Crippen molar-refractivity contribution in [1.82, 2.24) is 20.0 Å². The maximum atomic E-state index is 5.89. The number of fused-ring (bicyclic) bond motifs is 1. The van der Waals surface area contributed by atoms with Crippen molar-refractivity contribution in [1.29, 1.82) is 0 Å². The van der Waals surface area contributed by atoms with E-state index in [1.165, 1.54) is 11.1 Å². The monoisotopic (exact) mass is 392 g/mol. The average Bonchev–Trinajstić information content (AvgIpc) is 3.39. The Labute approximate surface area is 169 Å². The highest BCUT2D eigenvalue weighted by Crippen LogP contribution is 2.32. The molecule has 0 bridgehead atoms. The van der Waals surface area contributed by atoms with Gasteiger partial charge in [0.1, 0.15) is 0 Å². The van der Waals surface area contributed by atoms with Crippen LogP contribution >= 0.6 is 0 Å². The summed E-state index contributed by atoms with van der Waals surface area (Å²) >= 11 is 0. The minimum absolute atomic E-state index is 0.318. The molecule has 3 heterocycles. The van der Waals surface area contributed by atoms with Crippen molar-refractivity contribution in [2.45, 2.75) is 20.0 Å². The van der Waals surface area contributed by atoms with Crippen LogP contribution in [0, 0.1) is 6.92 Å². The number of rotatable bonds is 5. The molecule has 2 aliphatic heterocycles. The van der Waals surface area contributed by atoms with Gasteiger partial charge in [0.2, 0.25) is 18.6 Å². The molecule has 7 nitrogen and oxygen atoms in total. The quantitative estimate of drug-likeness (QED) is 0.661. The predicted octanol–water partition coefficient (Wildman–Crippen LogP) is 3.09. The topological polar surface area (TPSA) is 63.9 Å². The molecule has 0 saturated carbocycles. The van der Waals surface area contributed by atoms with Crippen LogP contribution < -0.4 is 9.47 Å². The lowest BCUT2D eigenvalue weighted by atomic mass is 10.1. The molecule has 1 saturated heterocycles. The smallest absolute Gasteiger partial charge is 0.247 e. The molecule has 0 radical (unpaired) electrons. The molecule has 7 heteroatoms. The van der Waals surface area contributed by atoms with Crippen LogP contribution in [-0.2, 0) is 13.1 Å². The van der Waals surface area contributed by atoms with Gasteiger partial charge in [0.15, 0.2) is 11.5 Å². The van der Waals surface area contributed by atoms with Crippen LogP contribution in [0.5, 0.6) is 11.5 Å². The van der Waals surface area contributed by atoms with Crippen LogP contribution in [0.4, 0.5) is 0 Å². The maximum Gasteiger partial charge on any atom is 0.247 e. The summed E-state index contributed by atoms with van der Waals surface area (Å²) in [5.41, 5.74) is 3.40. The van der Waals surface area contributed by atoms with Crippen molar-refractivity contribution in [3.8, 4) is 23.0 Å². The van der Waals surface area contributed by atoms with Gasteiger partial charge in [-0.05, 0) is 36.8 Å². The van der Waals surface area contributed by atoms with Crippen LogP contribution in [0.2, 0.25) is 0 Å². The summed E-state index contributed by atoms with van der Waals surface area (Å²) in [6, 6.07) is 14.3. The molecule has 2 aromatic carbocycles. The second-order valence-electron chi connectivity index (χ2n) is 7.61. The zero-order valence-electron chi connectivity index (χ0n) is 16.5. The molecule has 0 spiro atoms. The molecule has 5 rings (SSSR count). The third kappa shape index (κ3) is 4.11. The van der Waals surface area contributed by atoms with Crippen molar-refractivity contribution >= 4 is 0 Å². The fourth-order valence-corrected chi connectivity index (χ4v) is 3.81. The minimum atomic E-state index is 0.318. The Balaban J connectivity index is 1.14. The Morgan fingerprint density at radius 2 is 1.66 bits per heavy atom. The Bertz CT molecular complexity index is 995. The molecule has 150 valence electrons.